The van der Waals surface area contributed by atoms with E-state index < -0.39 is 0 Å². The number of carbonyl (C=O) groups is 2. The van der Waals surface area contributed by atoms with Crippen molar-refractivity contribution in [2.45, 2.75) is 78.1 Å². The van der Waals surface area contributed by atoms with Gasteiger partial charge in [-0.15, -0.1) is 0 Å². The van der Waals surface area contributed by atoms with Crippen molar-refractivity contribution in [3.05, 3.63) is 78.5 Å². The zero-order valence-corrected chi connectivity index (χ0v) is 31.0. The highest BCUT2D eigenvalue weighted by molar-refractivity contribution is 5.84. The smallest absolute Gasteiger partial charge is 0.248 e. The lowest BCUT2D eigenvalue weighted by Crippen LogP contribution is -2.40. The summed E-state index contributed by atoms with van der Waals surface area (Å²) in [5.41, 5.74) is 3.43. The molecule has 2 fully saturated rings. The maximum atomic E-state index is 12.9. The van der Waals surface area contributed by atoms with E-state index in [1.165, 1.54) is 20.3 Å². The van der Waals surface area contributed by atoms with Gasteiger partial charge in [0.15, 0.2) is 10.9 Å². The summed E-state index contributed by atoms with van der Waals surface area (Å²) in [5.74, 6) is 1.82. The van der Waals surface area contributed by atoms with Crippen LogP contribution in [0.15, 0.2) is 42.7 Å². The molecule has 4 heterocycles. The summed E-state index contributed by atoms with van der Waals surface area (Å²) < 4.78 is 22.2. The van der Waals surface area contributed by atoms with Crippen molar-refractivity contribution < 1.29 is 38.1 Å². The van der Waals surface area contributed by atoms with Crippen LogP contribution in [0.1, 0.15) is 85.1 Å². The Hall–Kier alpha value is -4.68. The maximum absolute atomic E-state index is 12.9. The van der Waals surface area contributed by atoms with E-state index in [1.807, 2.05) is 13.8 Å². The van der Waals surface area contributed by atoms with Crippen LogP contribution in [0.5, 0.6) is 11.5 Å². The van der Waals surface area contributed by atoms with Gasteiger partial charge in [-0.25, -0.2) is 0 Å². The second-order valence-electron chi connectivity index (χ2n) is 13.6. The summed E-state index contributed by atoms with van der Waals surface area (Å²) in [5, 5.41) is 21.1. The molecular weight excluding hydrogens is 668 g/mol. The van der Waals surface area contributed by atoms with E-state index in [2.05, 4.69) is 0 Å². The molecule has 52 heavy (non-hydrogen) atoms. The first-order chi connectivity index (χ1) is 24.9. The molecule has 0 unspecified atom stereocenters. The number of carbonyl (C=O) groups excluding carboxylic acids is 2. The van der Waals surface area contributed by atoms with Crippen molar-refractivity contribution >= 4 is 33.8 Å². The normalized spacial score (nSPS) is 15.6. The third-order valence-electron chi connectivity index (χ3n) is 10.5. The molecule has 0 aliphatic carbocycles. The molecular formula is C40H50N2O10. The number of nitrogens with zero attached hydrogens (tertiary/aromatic N) is 2. The number of hydrogen-bond acceptors (Lipinski definition) is 10. The molecule has 0 saturated carbocycles. The number of likely N-dealkylation sites (tertiary alicyclic amines) is 2. The Kier molecular flexibility index (Phi) is 12.4. The second kappa shape index (κ2) is 16.8. The molecule has 280 valence electrons. The van der Waals surface area contributed by atoms with Crippen molar-refractivity contribution in [2.24, 2.45) is 0 Å². The maximum Gasteiger partial charge on any atom is 0.248 e. The van der Waals surface area contributed by atoms with Crippen LogP contribution >= 0.6 is 0 Å². The number of aromatic hydroxyl groups is 2. The highest BCUT2D eigenvalue weighted by Gasteiger charge is 2.30. The molecule has 12 heteroatoms. The Morgan fingerprint density at radius 3 is 1.63 bits per heavy atom. The van der Waals surface area contributed by atoms with Gasteiger partial charge in [0.1, 0.15) is 47.4 Å². The van der Waals surface area contributed by atoms with Gasteiger partial charge in [0, 0.05) is 74.5 Å². The topological polar surface area (TPSA) is 160 Å². The number of hydrogen-bond donors (Lipinski definition) is 2. The molecule has 2 aliphatic heterocycles. The number of aryl methyl sites for hydroxylation is 2. The fourth-order valence-electron chi connectivity index (χ4n) is 7.46. The van der Waals surface area contributed by atoms with E-state index in [0.717, 1.165) is 25.7 Å². The first-order valence-electron chi connectivity index (χ1n) is 18.0. The molecule has 2 aliphatic rings. The lowest BCUT2D eigenvalue weighted by atomic mass is 9.90. The quantitative estimate of drug-likeness (QED) is 0.240. The molecule has 12 nitrogen and oxygen atoms in total. The van der Waals surface area contributed by atoms with Crippen molar-refractivity contribution in [2.75, 3.05) is 53.6 Å². The minimum atomic E-state index is -0.0474. The van der Waals surface area contributed by atoms with Crippen LogP contribution in [0.2, 0.25) is 0 Å². The van der Waals surface area contributed by atoms with Gasteiger partial charge in [0.25, 0.3) is 0 Å². The summed E-state index contributed by atoms with van der Waals surface area (Å²) in [6.07, 6.45) is 4.15. The number of fused-ring (bicyclic) bond motifs is 2. The number of amides is 2. The van der Waals surface area contributed by atoms with Crippen LogP contribution in [0.3, 0.4) is 0 Å². The molecule has 2 aromatic heterocycles. The van der Waals surface area contributed by atoms with Crippen LogP contribution in [0, 0.1) is 13.8 Å². The largest absolute Gasteiger partial charge is 0.508 e. The number of phenolic OH excluding ortho intramolecular Hbond substituents is 2. The molecule has 4 aromatic rings. The predicted molar refractivity (Wildman–Crippen MR) is 197 cm³/mol. The molecule has 2 amide bonds. The Labute approximate surface area is 302 Å². The average Bonchev–Trinajstić information content (AvgIpc) is 3.15. The molecule has 2 aromatic carbocycles. The van der Waals surface area contributed by atoms with Gasteiger partial charge in [0.2, 0.25) is 11.8 Å². The number of methoxy groups -OCH3 is 2. The zero-order chi connectivity index (χ0) is 37.7. The fourth-order valence-corrected chi connectivity index (χ4v) is 7.46. The summed E-state index contributed by atoms with van der Waals surface area (Å²) >= 11 is 0. The molecule has 0 radical (unpaired) electrons. The number of phenols is 2. The number of piperidine rings is 2. The highest BCUT2D eigenvalue weighted by atomic mass is 16.5. The molecule has 6 rings (SSSR count). The SMILES string of the molecule is CCc1c(C2CCN(C(=O)COC)CC2)oc2c(C)c(O)ccc2c1=O.CCc1c(O)ccc2c(=O)c(C)c(C3CCN(C(=O)COC)CC3)oc12. The van der Waals surface area contributed by atoms with Crippen molar-refractivity contribution in [1.82, 2.24) is 9.80 Å². The van der Waals surface area contributed by atoms with Gasteiger partial charge >= 0.3 is 0 Å². The zero-order valence-electron chi connectivity index (χ0n) is 31.0. The van der Waals surface area contributed by atoms with Crippen LogP contribution < -0.4 is 10.9 Å². The van der Waals surface area contributed by atoms with E-state index in [9.17, 15) is 29.4 Å². The number of ether oxygens (including phenoxy) is 2. The Bertz CT molecular complexity index is 2050. The lowest BCUT2D eigenvalue weighted by molar-refractivity contribution is -0.137. The Morgan fingerprint density at radius 2 is 1.13 bits per heavy atom. The molecule has 2 saturated heterocycles. The highest BCUT2D eigenvalue weighted by Crippen LogP contribution is 2.36. The van der Waals surface area contributed by atoms with E-state index in [1.54, 1.807) is 41.8 Å². The lowest BCUT2D eigenvalue weighted by Gasteiger charge is -2.32. The van der Waals surface area contributed by atoms with Gasteiger partial charge < -0.3 is 38.3 Å². The van der Waals surface area contributed by atoms with Crippen molar-refractivity contribution in [3.8, 4) is 11.5 Å². The van der Waals surface area contributed by atoms with Gasteiger partial charge in [0.05, 0.1) is 10.8 Å². The van der Waals surface area contributed by atoms with E-state index in [-0.39, 0.29) is 59.2 Å². The molecule has 0 bridgehead atoms. The standard InChI is InChI=1S/2C20H25NO5/c1-4-14-16(22)6-5-15-18(24)12(2)19(26-20(14)15)13-7-9-21(10-8-13)17(23)11-25-3;1-4-14-18(24)15-5-6-16(22)12(2)19(15)26-20(14)13-7-9-21(10-8-13)17(23)11-25-3/h2*5-6,13,22H,4,7-11H2,1-3H3. The third kappa shape index (κ3) is 7.73. The number of rotatable bonds is 8. The van der Waals surface area contributed by atoms with Crippen LogP contribution in [0.25, 0.3) is 21.9 Å². The van der Waals surface area contributed by atoms with Crippen LogP contribution in [0.4, 0.5) is 0 Å². The molecule has 0 atom stereocenters. The number of benzene rings is 2. The third-order valence-corrected chi connectivity index (χ3v) is 10.5. The van der Waals surface area contributed by atoms with Crippen molar-refractivity contribution in [3.63, 3.8) is 0 Å². The van der Waals surface area contributed by atoms with Crippen molar-refractivity contribution in [1.29, 1.82) is 0 Å². The fraction of sp³-hybridized carbons (Fsp3) is 0.500. The second-order valence-corrected chi connectivity index (χ2v) is 13.6. The first kappa shape index (κ1) is 38.5. The Morgan fingerprint density at radius 1 is 0.673 bits per heavy atom. The average molecular weight is 719 g/mol. The first-order valence-corrected chi connectivity index (χ1v) is 18.0. The van der Waals surface area contributed by atoms with E-state index >= 15 is 0 Å². The predicted octanol–water partition coefficient (Wildman–Crippen LogP) is 5.44. The van der Waals surface area contributed by atoms with Gasteiger partial charge in [-0.1, -0.05) is 13.8 Å². The Balaban J connectivity index is 0.000000201. The minimum absolute atomic E-state index is 0.0117. The van der Waals surface area contributed by atoms with Gasteiger partial charge in [-0.05, 0) is 76.6 Å². The van der Waals surface area contributed by atoms with Gasteiger partial charge in [-0.2, -0.15) is 0 Å². The van der Waals surface area contributed by atoms with Crippen LogP contribution in [-0.2, 0) is 31.9 Å². The molecule has 2 N–H and O–H groups in total. The van der Waals surface area contributed by atoms with E-state index in [4.69, 9.17) is 18.3 Å². The van der Waals surface area contributed by atoms with Crippen LogP contribution in [-0.4, -0.2) is 85.4 Å². The summed E-state index contributed by atoms with van der Waals surface area (Å²) in [4.78, 5) is 53.2. The summed E-state index contributed by atoms with van der Waals surface area (Å²) in [7, 11) is 3.03. The molecule has 0 spiro atoms. The minimum Gasteiger partial charge on any atom is -0.508 e. The monoisotopic (exact) mass is 718 g/mol. The summed E-state index contributed by atoms with van der Waals surface area (Å²) in [6.45, 7) is 10.1. The summed E-state index contributed by atoms with van der Waals surface area (Å²) in [6, 6.07) is 6.33. The van der Waals surface area contributed by atoms with Gasteiger partial charge in [-0.3, -0.25) is 19.2 Å². The van der Waals surface area contributed by atoms with E-state index in [0.29, 0.717) is 94.7 Å².